The van der Waals surface area contributed by atoms with Crippen molar-refractivity contribution in [2.45, 2.75) is 19.8 Å². The van der Waals surface area contributed by atoms with E-state index in [1.54, 1.807) is 19.5 Å². The molecule has 1 aromatic heterocycles. The highest BCUT2D eigenvalue weighted by atomic mass is 16.5. The summed E-state index contributed by atoms with van der Waals surface area (Å²) < 4.78 is 5.32. The topological polar surface area (TPSA) is 35.0 Å². The van der Waals surface area contributed by atoms with E-state index in [9.17, 15) is 0 Å². The van der Waals surface area contributed by atoms with Gasteiger partial charge in [0.2, 0.25) is 0 Å². The molecule has 0 N–H and O–H groups in total. The Balaban J connectivity index is 2.71. The van der Waals surface area contributed by atoms with Gasteiger partial charge < -0.3 is 4.74 Å². The second kappa shape index (κ2) is 3.85. The van der Waals surface area contributed by atoms with E-state index in [1.165, 1.54) is 5.56 Å². The number of nitrogens with zero attached hydrogens (tertiary/aromatic N) is 2. The molecule has 0 fully saturated rings. The Morgan fingerprint density at radius 3 is 2.53 bits per heavy atom. The van der Waals surface area contributed by atoms with Crippen LogP contribution in [0, 0.1) is 0 Å². The molecule has 0 spiro atoms. The van der Waals surface area contributed by atoms with E-state index in [-0.39, 0.29) is 0 Å². The molecule has 0 saturated heterocycles. The molecule has 0 saturated carbocycles. The lowest BCUT2D eigenvalue weighted by molar-refractivity contribution is 0.418. The van der Waals surface area contributed by atoms with Crippen LogP contribution in [0.25, 0.3) is 11.0 Å². The number of ether oxygens (including phenoxy) is 1. The van der Waals surface area contributed by atoms with Gasteiger partial charge in [-0.05, 0) is 23.6 Å². The summed E-state index contributed by atoms with van der Waals surface area (Å²) >= 11 is 0. The fourth-order valence-electron chi connectivity index (χ4n) is 1.55. The minimum absolute atomic E-state index is 0.463. The second-order valence-electron chi connectivity index (χ2n) is 3.80. The molecule has 0 aliphatic rings. The van der Waals surface area contributed by atoms with Gasteiger partial charge >= 0.3 is 0 Å². The van der Waals surface area contributed by atoms with E-state index in [4.69, 9.17) is 4.74 Å². The number of hydrogen-bond donors (Lipinski definition) is 0. The van der Waals surface area contributed by atoms with E-state index in [1.807, 2.05) is 6.07 Å². The Hall–Kier alpha value is -1.64. The highest BCUT2D eigenvalue weighted by Gasteiger charge is 2.08. The van der Waals surface area contributed by atoms with Crippen LogP contribution in [0.4, 0.5) is 0 Å². The Morgan fingerprint density at radius 2 is 1.87 bits per heavy atom. The fourth-order valence-corrected chi connectivity index (χ4v) is 1.55. The molecule has 0 aliphatic heterocycles. The first-order valence-electron chi connectivity index (χ1n) is 5.01. The van der Waals surface area contributed by atoms with Crippen molar-refractivity contribution in [3.63, 3.8) is 0 Å². The Bertz CT molecular complexity index is 480. The van der Waals surface area contributed by atoms with E-state index in [0.29, 0.717) is 5.92 Å². The summed E-state index contributed by atoms with van der Waals surface area (Å²) in [5.41, 5.74) is 2.94. The maximum Gasteiger partial charge on any atom is 0.146 e. The van der Waals surface area contributed by atoms with Crippen LogP contribution in [0.15, 0.2) is 24.5 Å². The number of hydrogen-bond acceptors (Lipinski definition) is 3. The number of rotatable bonds is 2. The fraction of sp³-hybridized carbons (Fsp3) is 0.333. The van der Waals surface area contributed by atoms with Crippen molar-refractivity contribution in [1.29, 1.82) is 0 Å². The van der Waals surface area contributed by atoms with Crippen molar-refractivity contribution in [2.24, 2.45) is 0 Å². The van der Waals surface area contributed by atoms with Gasteiger partial charge in [0.15, 0.2) is 0 Å². The lowest BCUT2D eigenvalue weighted by Crippen LogP contribution is -1.94. The van der Waals surface area contributed by atoms with Gasteiger partial charge in [0, 0.05) is 12.4 Å². The summed E-state index contributed by atoms with van der Waals surface area (Å²) in [5.74, 6) is 1.26. The van der Waals surface area contributed by atoms with Crippen molar-refractivity contribution >= 4 is 11.0 Å². The van der Waals surface area contributed by atoms with Gasteiger partial charge in [0.25, 0.3) is 0 Å². The number of methoxy groups -OCH3 is 1. The van der Waals surface area contributed by atoms with E-state index in [2.05, 4.69) is 29.9 Å². The molecule has 15 heavy (non-hydrogen) atoms. The van der Waals surface area contributed by atoms with E-state index >= 15 is 0 Å². The zero-order chi connectivity index (χ0) is 10.8. The number of aromatic nitrogens is 2. The molecule has 78 valence electrons. The second-order valence-corrected chi connectivity index (χ2v) is 3.80. The molecular weight excluding hydrogens is 188 g/mol. The summed E-state index contributed by atoms with van der Waals surface area (Å²) in [7, 11) is 1.66. The van der Waals surface area contributed by atoms with Crippen LogP contribution in [0.1, 0.15) is 25.3 Å². The third kappa shape index (κ3) is 1.77. The molecule has 2 aromatic rings. The van der Waals surface area contributed by atoms with Crippen molar-refractivity contribution in [1.82, 2.24) is 9.97 Å². The van der Waals surface area contributed by atoms with Crippen molar-refractivity contribution in [3.05, 3.63) is 30.1 Å². The van der Waals surface area contributed by atoms with E-state index in [0.717, 1.165) is 16.8 Å². The first-order chi connectivity index (χ1) is 7.22. The third-order valence-electron chi connectivity index (χ3n) is 2.45. The van der Waals surface area contributed by atoms with Crippen LogP contribution in [0.3, 0.4) is 0 Å². The highest BCUT2D eigenvalue weighted by molar-refractivity contribution is 5.81. The SMILES string of the molecule is COc1cc(C(C)C)cc2nccnc12. The van der Waals surface area contributed by atoms with Crippen LogP contribution >= 0.6 is 0 Å². The predicted octanol–water partition coefficient (Wildman–Crippen LogP) is 2.76. The van der Waals surface area contributed by atoms with Gasteiger partial charge in [-0.1, -0.05) is 13.8 Å². The smallest absolute Gasteiger partial charge is 0.146 e. The molecule has 0 unspecified atom stereocenters. The molecule has 0 aliphatic carbocycles. The van der Waals surface area contributed by atoms with Crippen LogP contribution in [-0.2, 0) is 0 Å². The lowest BCUT2D eigenvalue weighted by atomic mass is 10.0. The van der Waals surface area contributed by atoms with Gasteiger partial charge in [-0.3, -0.25) is 4.98 Å². The van der Waals surface area contributed by atoms with Crippen molar-refractivity contribution in [2.75, 3.05) is 7.11 Å². The zero-order valence-electron chi connectivity index (χ0n) is 9.19. The number of benzene rings is 1. The average Bonchev–Trinajstić information content (AvgIpc) is 2.27. The predicted molar refractivity (Wildman–Crippen MR) is 60.2 cm³/mol. The summed E-state index contributed by atoms with van der Waals surface area (Å²) in [5, 5.41) is 0. The molecule has 0 atom stereocenters. The highest BCUT2D eigenvalue weighted by Crippen LogP contribution is 2.27. The first kappa shape index (κ1) is 9.90. The minimum Gasteiger partial charge on any atom is -0.494 e. The molecule has 0 radical (unpaired) electrons. The van der Waals surface area contributed by atoms with Crippen LogP contribution in [0.5, 0.6) is 5.75 Å². The van der Waals surface area contributed by atoms with Crippen molar-refractivity contribution in [3.8, 4) is 5.75 Å². The molecule has 2 rings (SSSR count). The van der Waals surface area contributed by atoms with Gasteiger partial charge in [-0.25, -0.2) is 4.98 Å². The largest absolute Gasteiger partial charge is 0.494 e. The Kier molecular flexibility index (Phi) is 2.54. The normalized spacial score (nSPS) is 10.9. The van der Waals surface area contributed by atoms with Crippen LogP contribution in [-0.4, -0.2) is 17.1 Å². The van der Waals surface area contributed by atoms with Gasteiger partial charge in [0.05, 0.1) is 12.6 Å². The third-order valence-corrected chi connectivity index (χ3v) is 2.45. The summed E-state index contributed by atoms with van der Waals surface area (Å²) in [6, 6.07) is 4.09. The Labute approximate surface area is 89.1 Å². The molecule has 3 heteroatoms. The maximum absolute atomic E-state index is 5.32. The zero-order valence-corrected chi connectivity index (χ0v) is 9.19. The maximum atomic E-state index is 5.32. The molecule has 1 heterocycles. The number of fused-ring (bicyclic) bond motifs is 1. The average molecular weight is 202 g/mol. The first-order valence-corrected chi connectivity index (χ1v) is 5.01. The minimum atomic E-state index is 0.463. The molecular formula is C12H14N2O. The summed E-state index contributed by atoms with van der Waals surface area (Å²) in [6.45, 7) is 4.30. The molecule has 0 amide bonds. The standard InChI is InChI=1S/C12H14N2O/c1-8(2)9-6-10-12(11(7-9)15-3)14-5-4-13-10/h4-8H,1-3H3. The van der Waals surface area contributed by atoms with Gasteiger partial charge in [-0.2, -0.15) is 0 Å². The molecule has 3 nitrogen and oxygen atoms in total. The van der Waals surface area contributed by atoms with Gasteiger partial charge in [0.1, 0.15) is 11.3 Å². The van der Waals surface area contributed by atoms with Crippen LogP contribution in [0.2, 0.25) is 0 Å². The molecule has 0 bridgehead atoms. The van der Waals surface area contributed by atoms with E-state index < -0.39 is 0 Å². The molecule has 1 aromatic carbocycles. The van der Waals surface area contributed by atoms with Gasteiger partial charge in [-0.15, -0.1) is 0 Å². The lowest BCUT2D eigenvalue weighted by Gasteiger charge is -2.09. The van der Waals surface area contributed by atoms with Crippen LogP contribution < -0.4 is 4.74 Å². The summed E-state index contributed by atoms with van der Waals surface area (Å²) in [4.78, 5) is 8.56. The Morgan fingerprint density at radius 1 is 1.13 bits per heavy atom. The summed E-state index contributed by atoms with van der Waals surface area (Å²) in [6.07, 6.45) is 3.38. The monoisotopic (exact) mass is 202 g/mol. The quantitative estimate of drug-likeness (QED) is 0.751. The van der Waals surface area contributed by atoms with Crippen molar-refractivity contribution < 1.29 is 4.74 Å².